The number of nitrogens with zero attached hydrogens (tertiary/aromatic N) is 1. The Morgan fingerprint density at radius 2 is 2.00 bits per heavy atom. The van der Waals surface area contributed by atoms with Gasteiger partial charge in [-0.25, -0.2) is 13.1 Å². The van der Waals surface area contributed by atoms with Gasteiger partial charge in [-0.05, 0) is 63.2 Å². The molecule has 3 N–H and O–H groups in total. The van der Waals surface area contributed by atoms with Crippen molar-refractivity contribution in [3.05, 3.63) is 27.7 Å². The molecule has 1 aromatic carbocycles. The molecule has 7 heteroatoms. The molecule has 1 aromatic rings. The molecule has 21 heavy (non-hydrogen) atoms. The van der Waals surface area contributed by atoms with Gasteiger partial charge in [-0.15, -0.1) is 0 Å². The van der Waals surface area contributed by atoms with Gasteiger partial charge in [0.1, 0.15) is 0 Å². The molecule has 0 spiro atoms. The molecule has 118 valence electrons. The van der Waals surface area contributed by atoms with Crippen LogP contribution < -0.4 is 10.5 Å². The van der Waals surface area contributed by atoms with Gasteiger partial charge in [0.25, 0.3) is 0 Å². The van der Waals surface area contributed by atoms with Crippen molar-refractivity contribution in [3.63, 3.8) is 0 Å². The fourth-order valence-electron chi connectivity index (χ4n) is 2.51. The average Bonchev–Trinajstić information content (AvgIpc) is 2.43. The maximum absolute atomic E-state index is 12.6. The average molecular weight is 376 g/mol. The monoisotopic (exact) mass is 375 g/mol. The summed E-state index contributed by atoms with van der Waals surface area (Å²) in [6.07, 6.45) is 1.68. The van der Waals surface area contributed by atoms with E-state index in [-0.39, 0.29) is 6.04 Å². The van der Waals surface area contributed by atoms with E-state index in [0.29, 0.717) is 17.0 Å². The smallest absolute Gasteiger partial charge is 0.241 e. The highest BCUT2D eigenvalue weighted by Gasteiger charge is 2.25. The number of hydrogen-bond donors (Lipinski definition) is 2. The highest BCUT2D eigenvalue weighted by molar-refractivity contribution is 9.10. The molecular formula is C14H22BrN3O2S. The Bertz CT molecular complexity index is 611. The van der Waals surface area contributed by atoms with Crippen molar-refractivity contribution in [1.82, 2.24) is 9.62 Å². The molecule has 0 unspecified atom stereocenters. The molecule has 5 nitrogen and oxygen atoms in total. The van der Waals surface area contributed by atoms with Crippen LogP contribution in [0.4, 0.5) is 0 Å². The van der Waals surface area contributed by atoms with Crippen LogP contribution in [-0.4, -0.2) is 39.5 Å². The van der Waals surface area contributed by atoms with Crippen LogP contribution >= 0.6 is 15.9 Å². The second-order valence-electron chi connectivity index (χ2n) is 5.60. The number of hydrogen-bond acceptors (Lipinski definition) is 4. The number of piperidine rings is 1. The van der Waals surface area contributed by atoms with Crippen molar-refractivity contribution in [1.29, 1.82) is 0 Å². The van der Waals surface area contributed by atoms with Crippen molar-refractivity contribution < 1.29 is 8.42 Å². The summed E-state index contributed by atoms with van der Waals surface area (Å²) in [5, 5.41) is 0. The summed E-state index contributed by atoms with van der Waals surface area (Å²) in [7, 11) is -1.46. The van der Waals surface area contributed by atoms with Crippen molar-refractivity contribution in [2.45, 2.75) is 37.2 Å². The minimum absolute atomic E-state index is 0.00547. The molecule has 2 rings (SSSR count). The molecule has 0 saturated carbocycles. The largest absolute Gasteiger partial charge is 0.326 e. The van der Waals surface area contributed by atoms with Crippen LogP contribution in [0, 0.1) is 6.92 Å². The highest BCUT2D eigenvalue weighted by Crippen LogP contribution is 2.26. The molecule has 0 radical (unpaired) electrons. The third kappa shape index (κ3) is 4.04. The molecule has 0 atom stereocenters. The van der Waals surface area contributed by atoms with E-state index in [1.54, 1.807) is 13.0 Å². The van der Waals surface area contributed by atoms with Gasteiger partial charge in [-0.2, -0.15) is 0 Å². The molecule has 0 bridgehead atoms. The van der Waals surface area contributed by atoms with Gasteiger partial charge in [-0.1, -0.05) is 15.9 Å². The van der Waals surface area contributed by atoms with Gasteiger partial charge in [0.2, 0.25) is 10.0 Å². The summed E-state index contributed by atoms with van der Waals surface area (Å²) in [6.45, 7) is 3.95. The van der Waals surface area contributed by atoms with E-state index in [1.807, 2.05) is 6.07 Å². The van der Waals surface area contributed by atoms with Crippen molar-refractivity contribution in [3.8, 4) is 0 Å². The van der Waals surface area contributed by atoms with Crippen LogP contribution in [0.3, 0.4) is 0 Å². The SMILES string of the molecule is Cc1c(Br)cc(CN)cc1S(=O)(=O)NC1CCN(C)CC1. The summed E-state index contributed by atoms with van der Waals surface area (Å²) < 4.78 is 28.9. The maximum Gasteiger partial charge on any atom is 0.241 e. The van der Waals surface area contributed by atoms with E-state index < -0.39 is 10.0 Å². The first kappa shape index (κ1) is 16.9. The number of nitrogens with one attached hydrogen (secondary N) is 1. The van der Waals surface area contributed by atoms with E-state index >= 15 is 0 Å². The second kappa shape index (κ2) is 6.75. The molecule has 1 saturated heterocycles. The standard InChI is InChI=1S/C14H22BrN3O2S/c1-10-13(15)7-11(9-16)8-14(10)21(19,20)17-12-3-5-18(2)6-4-12/h7-8,12,17H,3-6,9,16H2,1-2H3. The summed E-state index contributed by atoms with van der Waals surface area (Å²) >= 11 is 3.41. The van der Waals surface area contributed by atoms with Crippen LogP contribution in [0.2, 0.25) is 0 Å². The number of sulfonamides is 1. The number of nitrogens with two attached hydrogens (primary N) is 1. The van der Waals surface area contributed by atoms with Crippen molar-refractivity contribution >= 4 is 26.0 Å². The zero-order valence-corrected chi connectivity index (χ0v) is 14.8. The second-order valence-corrected chi connectivity index (χ2v) is 8.14. The summed E-state index contributed by atoms with van der Waals surface area (Å²) in [5.74, 6) is 0. The van der Waals surface area contributed by atoms with Gasteiger partial charge in [-0.3, -0.25) is 0 Å². The first-order valence-electron chi connectivity index (χ1n) is 7.03. The lowest BCUT2D eigenvalue weighted by atomic mass is 10.1. The Balaban J connectivity index is 2.25. The van der Waals surface area contributed by atoms with E-state index in [4.69, 9.17) is 5.73 Å². The van der Waals surface area contributed by atoms with Gasteiger partial charge in [0.15, 0.2) is 0 Å². The Kier molecular flexibility index (Phi) is 5.43. The van der Waals surface area contributed by atoms with Crippen LogP contribution in [0.25, 0.3) is 0 Å². The van der Waals surface area contributed by atoms with Crippen LogP contribution in [0.15, 0.2) is 21.5 Å². The molecule has 1 aliphatic rings. The molecular weight excluding hydrogens is 354 g/mol. The predicted octanol–water partition coefficient (Wildman–Crippen LogP) is 1.59. The Hall–Kier alpha value is -0.470. The topological polar surface area (TPSA) is 75.4 Å². The zero-order chi connectivity index (χ0) is 15.6. The number of likely N-dealkylation sites (tertiary alicyclic amines) is 1. The van der Waals surface area contributed by atoms with Gasteiger partial charge >= 0.3 is 0 Å². The van der Waals surface area contributed by atoms with Crippen LogP contribution in [0.5, 0.6) is 0 Å². The lowest BCUT2D eigenvalue weighted by Gasteiger charge is -2.29. The Labute approximate surface area is 135 Å². The third-order valence-corrected chi connectivity index (χ3v) is 6.39. The molecule has 0 amide bonds. The maximum atomic E-state index is 12.6. The quantitative estimate of drug-likeness (QED) is 0.837. The first-order chi connectivity index (χ1) is 9.83. The van der Waals surface area contributed by atoms with E-state index in [0.717, 1.165) is 36.0 Å². The molecule has 1 aliphatic heterocycles. The fourth-order valence-corrected chi connectivity index (χ4v) is 4.77. The van der Waals surface area contributed by atoms with Crippen molar-refractivity contribution in [2.75, 3.05) is 20.1 Å². The Morgan fingerprint density at radius 3 is 2.57 bits per heavy atom. The van der Waals surface area contributed by atoms with Gasteiger partial charge < -0.3 is 10.6 Å². The van der Waals surface area contributed by atoms with E-state index in [2.05, 4.69) is 32.6 Å². The lowest BCUT2D eigenvalue weighted by molar-refractivity contribution is 0.248. The van der Waals surface area contributed by atoms with Crippen LogP contribution in [0.1, 0.15) is 24.0 Å². The first-order valence-corrected chi connectivity index (χ1v) is 9.31. The third-order valence-electron chi connectivity index (χ3n) is 3.92. The summed E-state index contributed by atoms with van der Waals surface area (Å²) in [5.41, 5.74) is 7.16. The zero-order valence-electron chi connectivity index (χ0n) is 12.4. The summed E-state index contributed by atoms with van der Waals surface area (Å²) in [6, 6.07) is 3.53. The van der Waals surface area contributed by atoms with E-state index in [1.165, 1.54) is 0 Å². The fraction of sp³-hybridized carbons (Fsp3) is 0.571. The van der Waals surface area contributed by atoms with Crippen molar-refractivity contribution in [2.24, 2.45) is 5.73 Å². The summed E-state index contributed by atoms with van der Waals surface area (Å²) in [4.78, 5) is 2.53. The Morgan fingerprint density at radius 1 is 1.38 bits per heavy atom. The number of rotatable bonds is 4. The number of benzene rings is 1. The molecule has 1 fully saturated rings. The minimum atomic E-state index is -3.52. The van der Waals surface area contributed by atoms with Crippen LogP contribution in [-0.2, 0) is 16.6 Å². The normalized spacial score (nSPS) is 18.1. The van der Waals surface area contributed by atoms with Gasteiger partial charge in [0.05, 0.1) is 4.90 Å². The molecule has 0 aromatic heterocycles. The highest BCUT2D eigenvalue weighted by atomic mass is 79.9. The molecule has 0 aliphatic carbocycles. The lowest BCUT2D eigenvalue weighted by Crippen LogP contribution is -2.43. The number of halogens is 1. The van der Waals surface area contributed by atoms with Gasteiger partial charge in [0, 0.05) is 17.1 Å². The molecule has 1 heterocycles. The minimum Gasteiger partial charge on any atom is -0.326 e. The van der Waals surface area contributed by atoms with E-state index in [9.17, 15) is 8.42 Å². The predicted molar refractivity (Wildman–Crippen MR) is 87.6 cm³/mol.